The molecule has 0 saturated heterocycles. The van der Waals surface area contributed by atoms with Crippen LogP contribution in [0.2, 0.25) is 0 Å². The third-order valence-electron chi connectivity index (χ3n) is 1.01. The van der Waals surface area contributed by atoms with Gasteiger partial charge in [0.15, 0.2) is 0 Å². The molecule has 0 radical (unpaired) electrons. The van der Waals surface area contributed by atoms with E-state index in [1.807, 2.05) is 0 Å². The van der Waals surface area contributed by atoms with Crippen LogP contribution < -0.4 is 4.74 Å². The first-order valence-corrected chi connectivity index (χ1v) is 3.48. The van der Waals surface area contributed by atoms with E-state index in [9.17, 15) is 4.79 Å². The van der Waals surface area contributed by atoms with Crippen LogP contribution in [0.3, 0.4) is 0 Å². The average Bonchev–Trinajstić information content (AvgIpc) is 2.39. The van der Waals surface area contributed by atoms with Crippen LogP contribution in [0.25, 0.3) is 0 Å². The predicted octanol–water partition coefficient (Wildman–Crippen LogP) is 0.942. The third kappa shape index (κ3) is 2.23. The van der Waals surface area contributed by atoms with Crippen molar-refractivity contribution in [1.29, 1.82) is 0 Å². The van der Waals surface area contributed by atoms with Crippen molar-refractivity contribution in [3.05, 3.63) is 12.5 Å². The van der Waals surface area contributed by atoms with Gasteiger partial charge in [-0.1, -0.05) is 0 Å². The van der Waals surface area contributed by atoms with E-state index in [4.69, 9.17) is 16.3 Å². The summed E-state index contributed by atoms with van der Waals surface area (Å²) in [5.74, 6) is -0.182. The molecular formula is C6H7ClN2O2. The minimum atomic E-state index is -0.640. The zero-order valence-electron chi connectivity index (χ0n) is 5.87. The van der Waals surface area contributed by atoms with E-state index in [1.165, 1.54) is 12.5 Å². The smallest absolute Gasteiger partial charge is 0.330 e. The summed E-state index contributed by atoms with van der Waals surface area (Å²) in [5, 5.41) is -0.640. The zero-order chi connectivity index (χ0) is 8.27. The molecule has 0 aromatic carbocycles. The predicted molar refractivity (Wildman–Crippen MR) is 39.5 cm³/mol. The minimum absolute atomic E-state index is 0.308. The molecule has 60 valence electrons. The van der Waals surface area contributed by atoms with E-state index in [0.717, 1.165) is 0 Å². The van der Waals surface area contributed by atoms with E-state index in [2.05, 4.69) is 9.97 Å². The molecule has 4 nitrogen and oxygen atoms in total. The Balaban J connectivity index is 2.50. The molecule has 5 heteroatoms. The summed E-state index contributed by atoms with van der Waals surface area (Å²) in [4.78, 5) is 17.1. The molecule has 1 aromatic heterocycles. The summed E-state index contributed by atoms with van der Waals surface area (Å²) in [5.41, 5.74) is 0. The van der Waals surface area contributed by atoms with Crippen molar-refractivity contribution in [2.45, 2.75) is 12.3 Å². The number of imidazole rings is 1. The second-order valence-corrected chi connectivity index (χ2v) is 2.61. The second-order valence-electron chi connectivity index (χ2n) is 1.95. The van der Waals surface area contributed by atoms with Crippen molar-refractivity contribution in [3.63, 3.8) is 0 Å². The fourth-order valence-electron chi connectivity index (χ4n) is 0.489. The lowest BCUT2D eigenvalue weighted by Crippen LogP contribution is -2.17. The number of carbonyl (C=O) groups excluding carboxylic acids is 1. The number of aromatic amines is 1. The number of rotatable bonds is 2. The molecule has 0 aliphatic rings. The Bertz CT molecular complexity index is 233. The van der Waals surface area contributed by atoms with E-state index in [0.29, 0.717) is 5.88 Å². The van der Waals surface area contributed by atoms with Gasteiger partial charge in [-0.2, -0.15) is 0 Å². The van der Waals surface area contributed by atoms with Gasteiger partial charge in [0.25, 0.3) is 0 Å². The summed E-state index contributed by atoms with van der Waals surface area (Å²) in [7, 11) is 0. The summed E-state index contributed by atoms with van der Waals surface area (Å²) < 4.78 is 4.73. The van der Waals surface area contributed by atoms with Crippen LogP contribution in [0.15, 0.2) is 12.5 Å². The molecule has 0 fully saturated rings. The molecule has 1 aromatic rings. The monoisotopic (exact) mass is 174 g/mol. The molecule has 11 heavy (non-hydrogen) atoms. The molecular weight excluding hydrogens is 168 g/mol. The van der Waals surface area contributed by atoms with Gasteiger partial charge in [0.05, 0.1) is 12.5 Å². The van der Waals surface area contributed by atoms with Gasteiger partial charge >= 0.3 is 5.97 Å². The van der Waals surface area contributed by atoms with Gasteiger partial charge in [-0.25, -0.2) is 4.98 Å². The maximum absolute atomic E-state index is 10.8. The van der Waals surface area contributed by atoms with Crippen molar-refractivity contribution in [1.82, 2.24) is 9.97 Å². The minimum Gasteiger partial charge on any atom is -0.407 e. The third-order valence-corrected chi connectivity index (χ3v) is 1.19. The van der Waals surface area contributed by atoms with Crippen molar-refractivity contribution < 1.29 is 9.53 Å². The average molecular weight is 175 g/mol. The first kappa shape index (κ1) is 8.07. The van der Waals surface area contributed by atoms with Gasteiger partial charge in [0.2, 0.25) is 5.88 Å². The standard InChI is InChI=1S/C6H7ClN2O2/c1-4(7)6(10)11-5-2-8-3-9-5/h2-4H,1H3,(H,8,9). The number of hydrogen-bond donors (Lipinski definition) is 1. The van der Waals surface area contributed by atoms with Gasteiger partial charge in [0, 0.05) is 0 Å². The number of esters is 1. The molecule has 0 spiro atoms. The van der Waals surface area contributed by atoms with Gasteiger partial charge < -0.3 is 9.72 Å². The SMILES string of the molecule is CC(Cl)C(=O)Oc1cnc[nH]1. The Labute approximate surface area is 68.5 Å². The van der Waals surface area contributed by atoms with Crippen LogP contribution in [0.4, 0.5) is 0 Å². The molecule has 0 aliphatic carbocycles. The Morgan fingerprint density at radius 2 is 2.64 bits per heavy atom. The number of nitrogens with zero attached hydrogens (tertiary/aromatic N) is 1. The number of alkyl halides is 1. The van der Waals surface area contributed by atoms with Crippen LogP contribution >= 0.6 is 11.6 Å². The summed E-state index contributed by atoms with van der Waals surface area (Å²) >= 11 is 5.44. The molecule has 1 N–H and O–H groups in total. The molecule has 0 saturated carbocycles. The zero-order valence-corrected chi connectivity index (χ0v) is 6.63. The molecule has 0 amide bonds. The van der Waals surface area contributed by atoms with Crippen LogP contribution in [0.5, 0.6) is 5.88 Å². The first-order chi connectivity index (χ1) is 5.20. The Morgan fingerprint density at radius 1 is 1.91 bits per heavy atom. The van der Waals surface area contributed by atoms with E-state index < -0.39 is 11.3 Å². The number of H-pyrrole nitrogens is 1. The fraction of sp³-hybridized carbons (Fsp3) is 0.333. The number of aromatic nitrogens is 2. The highest BCUT2D eigenvalue weighted by Gasteiger charge is 2.11. The van der Waals surface area contributed by atoms with Crippen LogP contribution in [-0.4, -0.2) is 21.3 Å². The van der Waals surface area contributed by atoms with Gasteiger partial charge in [-0.05, 0) is 6.92 Å². The molecule has 0 bridgehead atoms. The van der Waals surface area contributed by atoms with Crippen molar-refractivity contribution in [2.75, 3.05) is 0 Å². The molecule has 1 rings (SSSR count). The molecule has 1 unspecified atom stereocenters. The maximum atomic E-state index is 10.8. The maximum Gasteiger partial charge on any atom is 0.330 e. The topological polar surface area (TPSA) is 55.0 Å². The van der Waals surface area contributed by atoms with E-state index in [1.54, 1.807) is 6.92 Å². The molecule has 0 aliphatic heterocycles. The Kier molecular flexibility index (Phi) is 2.48. The highest BCUT2D eigenvalue weighted by molar-refractivity contribution is 6.29. The number of hydrogen-bond acceptors (Lipinski definition) is 3. The number of nitrogens with one attached hydrogen (secondary N) is 1. The van der Waals surface area contributed by atoms with Crippen LogP contribution in [0.1, 0.15) is 6.92 Å². The second kappa shape index (κ2) is 3.39. The summed E-state index contributed by atoms with van der Waals surface area (Å²) in [6, 6.07) is 0. The highest BCUT2D eigenvalue weighted by atomic mass is 35.5. The van der Waals surface area contributed by atoms with E-state index in [-0.39, 0.29) is 0 Å². The lowest BCUT2D eigenvalue weighted by atomic mass is 10.5. The number of ether oxygens (including phenoxy) is 1. The largest absolute Gasteiger partial charge is 0.407 e. The first-order valence-electron chi connectivity index (χ1n) is 3.04. The lowest BCUT2D eigenvalue weighted by Gasteiger charge is -2.00. The summed E-state index contributed by atoms with van der Waals surface area (Å²) in [6.45, 7) is 1.54. The molecule has 1 atom stereocenters. The number of halogens is 1. The normalized spacial score (nSPS) is 12.5. The van der Waals surface area contributed by atoms with Crippen LogP contribution in [-0.2, 0) is 4.79 Å². The fourth-order valence-corrected chi connectivity index (χ4v) is 0.533. The quantitative estimate of drug-likeness (QED) is 0.536. The van der Waals surface area contributed by atoms with Crippen molar-refractivity contribution >= 4 is 17.6 Å². The van der Waals surface area contributed by atoms with E-state index >= 15 is 0 Å². The highest BCUT2D eigenvalue weighted by Crippen LogP contribution is 2.05. The van der Waals surface area contributed by atoms with Crippen LogP contribution in [0, 0.1) is 0 Å². The number of carbonyl (C=O) groups is 1. The van der Waals surface area contributed by atoms with Crippen molar-refractivity contribution in [3.8, 4) is 5.88 Å². The Hall–Kier alpha value is -1.03. The van der Waals surface area contributed by atoms with Gasteiger partial charge in [-0.3, -0.25) is 4.79 Å². The molecule has 1 heterocycles. The Morgan fingerprint density at radius 3 is 3.09 bits per heavy atom. The van der Waals surface area contributed by atoms with Gasteiger partial charge in [0.1, 0.15) is 5.38 Å². The van der Waals surface area contributed by atoms with Crippen molar-refractivity contribution in [2.24, 2.45) is 0 Å². The van der Waals surface area contributed by atoms with Gasteiger partial charge in [-0.15, -0.1) is 11.6 Å². The summed E-state index contributed by atoms with van der Waals surface area (Å²) in [6.07, 6.45) is 2.82. The lowest BCUT2D eigenvalue weighted by molar-refractivity contribution is -0.133.